The maximum absolute atomic E-state index is 11.2. The molecule has 1 fully saturated rings. The van der Waals surface area contributed by atoms with Gasteiger partial charge in [-0.3, -0.25) is 0 Å². The fourth-order valence-electron chi connectivity index (χ4n) is 3.58. The minimum Gasteiger partial charge on any atom is -0.465 e. The van der Waals surface area contributed by atoms with Crippen molar-refractivity contribution in [2.75, 3.05) is 24.5 Å². The highest BCUT2D eigenvalue weighted by Gasteiger charge is 2.43. The first-order chi connectivity index (χ1) is 9.38. The SMILES string of the molecule is CC(C)(C)N1C[C@@H]2CN(C(=O)O)C[C@H]2c2ccccc21. The second kappa shape index (κ2) is 4.40. The van der Waals surface area contributed by atoms with Crippen LogP contribution in [0.1, 0.15) is 32.3 Å². The molecule has 2 atom stereocenters. The lowest BCUT2D eigenvalue weighted by Gasteiger charge is -2.45. The monoisotopic (exact) mass is 274 g/mol. The van der Waals surface area contributed by atoms with E-state index in [1.165, 1.54) is 11.3 Å². The van der Waals surface area contributed by atoms with Crippen molar-refractivity contribution in [2.45, 2.75) is 32.2 Å². The van der Waals surface area contributed by atoms with Crippen molar-refractivity contribution in [1.82, 2.24) is 4.90 Å². The van der Waals surface area contributed by atoms with E-state index in [0.29, 0.717) is 24.9 Å². The molecule has 1 N–H and O–H groups in total. The van der Waals surface area contributed by atoms with Crippen LogP contribution in [0.4, 0.5) is 10.5 Å². The summed E-state index contributed by atoms with van der Waals surface area (Å²) in [5.41, 5.74) is 2.63. The van der Waals surface area contributed by atoms with E-state index in [1.807, 2.05) is 0 Å². The molecule has 20 heavy (non-hydrogen) atoms. The maximum Gasteiger partial charge on any atom is 0.407 e. The molecule has 0 bridgehead atoms. The second-order valence-electron chi connectivity index (χ2n) is 6.89. The number of hydrogen-bond acceptors (Lipinski definition) is 2. The number of fused-ring (bicyclic) bond motifs is 3. The van der Waals surface area contributed by atoms with Crippen molar-refractivity contribution in [3.63, 3.8) is 0 Å². The van der Waals surface area contributed by atoms with E-state index >= 15 is 0 Å². The quantitative estimate of drug-likeness (QED) is 0.791. The van der Waals surface area contributed by atoms with E-state index in [2.05, 4.69) is 49.9 Å². The average molecular weight is 274 g/mol. The molecule has 2 aliphatic heterocycles. The topological polar surface area (TPSA) is 43.8 Å². The highest BCUT2D eigenvalue weighted by Crippen LogP contribution is 2.44. The van der Waals surface area contributed by atoms with Gasteiger partial charge in [-0.25, -0.2) is 4.79 Å². The van der Waals surface area contributed by atoms with Gasteiger partial charge in [0.25, 0.3) is 0 Å². The first-order valence-corrected chi connectivity index (χ1v) is 7.22. The summed E-state index contributed by atoms with van der Waals surface area (Å²) in [5.74, 6) is 0.751. The fraction of sp³-hybridized carbons (Fsp3) is 0.562. The smallest absolute Gasteiger partial charge is 0.407 e. The molecule has 0 saturated carbocycles. The van der Waals surface area contributed by atoms with Gasteiger partial charge in [-0.2, -0.15) is 0 Å². The van der Waals surface area contributed by atoms with Crippen LogP contribution in [0.3, 0.4) is 0 Å². The minimum atomic E-state index is -0.792. The largest absolute Gasteiger partial charge is 0.465 e. The van der Waals surface area contributed by atoms with Crippen LogP contribution in [-0.2, 0) is 0 Å². The molecule has 4 nitrogen and oxygen atoms in total. The van der Waals surface area contributed by atoms with Gasteiger partial charge in [0.15, 0.2) is 0 Å². The van der Waals surface area contributed by atoms with Crippen molar-refractivity contribution in [3.05, 3.63) is 29.8 Å². The molecular formula is C16H22N2O2. The Kier molecular flexibility index (Phi) is 2.92. The van der Waals surface area contributed by atoms with E-state index in [-0.39, 0.29) is 5.54 Å². The normalized spacial score (nSPS) is 25.4. The molecule has 108 valence electrons. The molecule has 4 heteroatoms. The van der Waals surface area contributed by atoms with Gasteiger partial charge in [0.1, 0.15) is 0 Å². The summed E-state index contributed by atoms with van der Waals surface area (Å²) in [7, 11) is 0. The number of benzene rings is 1. The number of carbonyl (C=O) groups is 1. The molecule has 0 unspecified atom stereocenters. The van der Waals surface area contributed by atoms with Crippen LogP contribution < -0.4 is 4.90 Å². The number of nitrogens with zero attached hydrogens (tertiary/aromatic N) is 2. The van der Waals surface area contributed by atoms with Crippen molar-refractivity contribution in [3.8, 4) is 0 Å². The van der Waals surface area contributed by atoms with Gasteiger partial charge >= 0.3 is 6.09 Å². The molecule has 1 aromatic carbocycles. The summed E-state index contributed by atoms with van der Waals surface area (Å²) >= 11 is 0. The number of anilines is 1. The van der Waals surface area contributed by atoms with E-state index in [9.17, 15) is 9.90 Å². The number of likely N-dealkylation sites (tertiary alicyclic amines) is 1. The minimum absolute atomic E-state index is 0.0533. The van der Waals surface area contributed by atoms with Crippen molar-refractivity contribution < 1.29 is 9.90 Å². The van der Waals surface area contributed by atoms with Gasteiger partial charge in [0.2, 0.25) is 0 Å². The zero-order valence-corrected chi connectivity index (χ0v) is 12.3. The number of hydrogen-bond donors (Lipinski definition) is 1. The first kappa shape index (κ1) is 13.3. The fourth-order valence-corrected chi connectivity index (χ4v) is 3.58. The molecule has 0 aromatic heterocycles. The number of para-hydroxylation sites is 1. The van der Waals surface area contributed by atoms with Gasteiger partial charge in [-0.05, 0) is 32.4 Å². The van der Waals surface area contributed by atoms with E-state index < -0.39 is 6.09 Å². The highest BCUT2D eigenvalue weighted by atomic mass is 16.4. The van der Waals surface area contributed by atoms with E-state index in [0.717, 1.165) is 6.54 Å². The zero-order valence-electron chi connectivity index (χ0n) is 12.3. The first-order valence-electron chi connectivity index (χ1n) is 7.22. The summed E-state index contributed by atoms with van der Waals surface area (Å²) in [4.78, 5) is 15.2. The lowest BCUT2D eigenvalue weighted by molar-refractivity contribution is 0.154. The van der Waals surface area contributed by atoms with Gasteiger partial charge in [-0.1, -0.05) is 18.2 Å². The van der Waals surface area contributed by atoms with Crippen LogP contribution >= 0.6 is 0 Å². The van der Waals surface area contributed by atoms with Gasteiger partial charge < -0.3 is 14.9 Å². The zero-order chi connectivity index (χ0) is 14.5. The summed E-state index contributed by atoms with van der Waals surface area (Å²) in [6.07, 6.45) is -0.792. The van der Waals surface area contributed by atoms with Crippen molar-refractivity contribution in [2.24, 2.45) is 5.92 Å². The Morgan fingerprint density at radius 3 is 2.55 bits per heavy atom. The Morgan fingerprint density at radius 1 is 1.20 bits per heavy atom. The third-order valence-electron chi connectivity index (χ3n) is 4.57. The molecule has 1 aromatic rings. The summed E-state index contributed by atoms with van der Waals surface area (Å²) < 4.78 is 0. The lowest BCUT2D eigenvalue weighted by atomic mass is 9.82. The molecule has 0 aliphatic carbocycles. The molecule has 1 amide bonds. The van der Waals surface area contributed by atoms with Gasteiger partial charge in [-0.15, -0.1) is 0 Å². The summed E-state index contributed by atoms with van der Waals surface area (Å²) in [6, 6.07) is 8.46. The number of carboxylic acid groups (broad SMARTS) is 1. The maximum atomic E-state index is 11.2. The standard InChI is InChI=1S/C16H22N2O2/c1-16(2,3)18-9-11-8-17(15(19)20)10-13(11)12-6-4-5-7-14(12)18/h4-7,11,13H,8-10H2,1-3H3,(H,19,20)/t11-,13+/m0/s1. The van der Waals surface area contributed by atoms with Crippen LogP contribution in [0.15, 0.2) is 24.3 Å². The average Bonchev–Trinajstić information content (AvgIpc) is 2.81. The molecule has 1 saturated heterocycles. The predicted octanol–water partition coefficient (Wildman–Crippen LogP) is 3.00. The van der Waals surface area contributed by atoms with E-state index in [1.54, 1.807) is 4.90 Å². The molecular weight excluding hydrogens is 252 g/mol. The van der Waals surface area contributed by atoms with Crippen LogP contribution in [0, 0.1) is 5.92 Å². The van der Waals surface area contributed by atoms with Crippen molar-refractivity contribution >= 4 is 11.8 Å². The lowest BCUT2D eigenvalue weighted by Crippen LogP contribution is -2.48. The Morgan fingerprint density at radius 2 is 1.90 bits per heavy atom. The third-order valence-corrected chi connectivity index (χ3v) is 4.57. The van der Waals surface area contributed by atoms with Crippen LogP contribution in [-0.4, -0.2) is 41.3 Å². The summed E-state index contributed by atoms with van der Waals surface area (Å²) in [6.45, 7) is 8.88. The molecule has 0 radical (unpaired) electrons. The molecule has 0 spiro atoms. The second-order valence-corrected chi connectivity index (χ2v) is 6.89. The third kappa shape index (κ3) is 2.03. The Labute approximate surface area is 120 Å². The van der Waals surface area contributed by atoms with Gasteiger partial charge in [0, 0.05) is 42.7 Å². The van der Waals surface area contributed by atoms with Crippen LogP contribution in [0.25, 0.3) is 0 Å². The Hall–Kier alpha value is -1.71. The Bertz CT molecular complexity index is 536. The summed E-state index contributed by atoms with van der Waals surface area (Å²) in [5, 5.41) is 9.25. The molecule has 3 rings (SSSR count). The number of rotatable bonds is 0. The van der Waals surface area contributed by atoms with Crippen LogP contribution in [0.5, 0.6) is 0 Å². The number of amides is 1. The predicted molar refractivity (Wildman–Crippen MR) is 79.4 cm³/mol. The molecule has 2 aliphatic rings. The van der Waals surface area contributed by atoms with Crippen LogP contribution in [0.2, 0.25) is 0 Å². The highest BCUT2D eigenvalue weighted by molar-refractivity contribution is 5.67. The Balaban J connectivity index is 2.01. The van der Waals surface area contributed by atoms with E-state index in [4.69, 9.17) is 0 Å². The van der Waals surface area contributed by atoms with Gasteiger partial charge in [0.05, 0.1) is 0 Å². The van der Waals surface area contributed by atoms with Crippen molar-refractivity contribution in [1.29, 1.82) is 0 Å². The molecule has 2 heterocycles.